The van der Waals surface area contributed by atoms with Crippen molar-refractivity contribution in [3.8, 4) is 0 Å². The second kappa shape index (κ2) is 11.7. The average Bonchev–Trinajstić information content (AvgIpc) is 3.23. The van der Waals surface area contributed by atoms with Gasteiger partial charge in [-0.1, -0.05) is 52.8 Å². The Bertz CT molecular complexity index is 973. The normalized spacial score (nSPS) is 36.8. The molecule has 2 fully saturated rings. The quantitative estimate of drug-likeness (QED) is 0.374. The number of aromatic nitrogens is 1. The molecule has 1 aliphatic carbocycles. The summed E-state index contributed by atoms with van der Waals surface area (Å²) in [7, 11) is 0. The van der Waals surface area contributed by atoms with Gasteiger partial charge in [0.1, 0.15) is 16.2 Å². The SMILES string of the molecule is CSc1nc(/C=C(\C)C2C[C@@H]3C[C@]3(C)CCC[C@H](C)[C@H](O)[C@@H](C)C(=O)C(C)(C)[C@@H](O)CC(=O)O2)cs1. The van der Waals surface area contributed by atoms with Gasteiger partial charge >= 0.3 is 5.97 Å². The molecule has 1 saturated heterocycles. The van der Waals surface area contributed by atoms with Crippen molar-refractivity contribution in [2.45, 2.75) is 103 Å². The first-order chi connectivity index (χ1) is 16.8. The minimum absolute atomic E-state index is 0.0159. The van der Waals surface area contributed by atoms with Gasteiger partial charge in [0.15, 0.2) is 0 Å². The van der Waals surface area contributed by atoms with Crippen molar-refractivity contribution in [3.63, 3.8) is 0 Å². The first-order valence-corrected chi connectivity index (χ1v) is 15.2. The molecule has 0 bridgehead atoms. The van der Waals surface area contributed by atoms with Gasteiger partial charge in [-0.2, -0.15) is 0 Å². The van der Waals surface area contributed by atoms with Gasteiger partial charge in [-0.3, -0.25) is 9.59 Å². The maximum Gasteiger partial charge on any atom is 0.309 e. The maximum absolute atomic E-state index is 13.3. The molecular weight excluding hydrogens is 494 g/mol. The van der Waals surface area contributed by atoms with E-state index in [1.807, 2.05) is 31.6 Å². The first-order valence-electron chi connectivity index (χ1n) is 13.1. The van der Waals surface area contributed by atoms with Crippen molar-refractivity contribution in [1.29, 1.82) is 0 Å². The topological polar surface area (TPSA) is 96.7 Å². The van der Waals surface area contributed by atoms with Gasteiger partial charge in [0.05, 0.1) is 29.7 Å². The molecule has 36 heavy (non-hydrogen) atoms. The smallest absolute Gasteiger partial charge is 0.309 e. The Kier molecular flexibility index (Phi) is 9.51. The molecule has 3 rings (SSSR count). The number of hydrogen-bond donors (Lipinski definition) is 2. The van der Waals surface area contributed by atoms with E-state index in [0.717, 1.165) is 47.7 Å². The largest absolute Gasteiger partial charge is 0.458 e. The zero-order chi connectivity index (χ0) is 26.8. The van der Waals surface area contributed by atoms with E-state index < -0.39 is 35.6 Å². The predicted molar refractivity (Wildman–Crippen MR) is 146 cm³/mol. The van der Waals surface area contributed by atoms with E-state index in [4.69, 9.17) is 4.74 Å². The molecule has 1 aromatic rings. The number of esters is 1. The van der Waals surface area contributed by atoms with Gasteiger partial charge in [0.25, 0.3) is 0 Å². The van der Waals surface area contributed by atoms with Crippen LogP contribution in [0.4, 0.5) is 0 Å². The number of rotatable bonds is 3. The van der Waals surface area contributed by atoms with Gasteiger partial charge in [-0.05, 0) is 67.8 Å². The number of cyclic esters (lactones) is 1. The molecule has 0 radical (unpaired) electrons. The van der Waals surface area contributed by atoms with Crippen LogP contribution in [0.15, 0.2) is 15.3 Å². The van der Waals surface area contributed by atoms with E-state index in [0.29, 0.717) is 5.92 Å². The van der Waals surface area contributed by atoms with E-state index >= 15 is 0 Å². The number of Topliss-reactive ketones (excluding diaryl/α,β-unsaturated/α-hetero) is 1. The van der Waals surface area contributed by atoms with Crippen molar-refractivity contribution in [1.82, 2.24) is 4.98 Å². The third kappa shape index (κ3) is 6.80. The summed E-state index contributed by atoms with van der Waals surface area (Å²) in [5.41, 5.74) is 0.812. The van der Waals surface area contributed by atoms with E-state index in [2.05, 4.69) is 11.9 Å². The molecule has 2 N–H and O–H groups in total. The number of thioether (sulfide) groups is 1. The number of ketones is 1. The summed E-state index contributed by atoms with van der Waals surface area (Å²) >= 11 is 3.19. The lowest BCUT2D eigenvalue weighted by Crippen LogP contribution is -2.45. The Balaban J connectivity index is 1.85. The Morgan fingerprint density at radius 2 is 1.94 bits per heavy atom. The van der Waals surface area contributed by atoms with Crippen LogP contribution in [0.25, 0.3) is 6.08 Å². The van der Waals surface area contributed by atoms with Crippen molar-refractivity contribution in [2.75, 3.05) is 6.26 Å². The minimum atomic E-state index is -1.20. The van der Waals surface area contributed by atoms with Gasteiger partial charge in [-0.15, -0.1) is 11.3 Å². The fourth-order valence-corrected chi connectivity index (χ4v) is 6.76. The third-order valence-electron chi connectivity index (χ3n) is 8.61. The van der Waals surface area contributed by atoms with Gasteiger partial charge in [0.2, 0.25) is 0 Å². The lowest BCUT2D eigenvalue weighted by Gasteiger charge is -2.34. The van der Waals surface area contributed by atoms with Crippen LogP contribution in [0.5, 0.6) is 0 Å². The molecule has 1 aromatic heterocycles. The molecule has 1 saturated carbocycles. The molecule has 0 amide bonds. The number of aliphatic hydroxyl groups excluding tert-OH is 2. The fourth-order valence-electron chi connectivity index (χ4n) is 5.54. The number of hydrogen-bond acceptors (Lipinski definition) is 8. The van der Waals surface area contributed by atoms with E-state index in [9.17, 15) is 19.8 Å². The Morgan fingerprint density at radius 3 is 2.58 bits per heavy atom. The average molecular weight is 538 g/mol. The molecule has 6 nitrogen and oxygen atoms in total. The van der Waals surface area contributed by atoms with Crippen LogP contribution in [-0.2, 0) is 14.3 Å². The summed E-state index contributed by atoms with van der Waals surface area (Å²) in [4.78, 5) is 30.9. The highest BCUT2D eigenvalue weighted by Crippen LogP contribution is 2.58. The Morgan fingerprint density at radius 1 is 1.25 bits per heavy atom. The Hall–Kier alpha value is -1.22. The van der Waals surface area contributed by atoms with Crippen LogP contribution >= 0.6 is 23.1 Å². The monoisotopic (exact) mass is 537 g/mol. The van der Waals surface area contributed by atoms with Crippen molar-refractivity contribution >= 4 is 40.9 Å². The summed E-state index contributed by atoms with van der Waals surface area (Å²) in [5, 5.41) is 23.8. The van der Waals surface area contributed by atoms with Crippen LogP contribution in [0.1, 0.15) is 85.8 Å². The number of fused-ring (bicyclic) bond motifs is 1. The highest BCUT2D eigenvalue weighted by Gasteiger charge is 2.50. The van der Waals surface area contributed by atoms with Crippen molar-refractivity contribution < 1.29 is 24.5 Å². The molecule has 2 aliphatic rings. The fraction of sp³-hybridized carbons (Fsp3) is 0.750. The van der Waals surface area contributed by atoms with Crippen LogP contribution in [0.2, 0.25) is 0 Å². The summed E-state index contributed by atoms with van der Waals surface area (Å²) in [6.07, 6.45) is 6.04. The highest BCUT2D eigenvalue weighted by atomic mass is 32.2. The number of carbonyl (C=O) groups is 2. The zero-order valence-electron chi connectivity index (χ0n) is 22.7. The van der Waals surface area contributed by atoms with Crippen molar-refractivity contribution in [3.05, 3.63) is 16.6 Å². The molecule has 1 unspecified atom stereocenters. The standard InChI is InChI=1S/C28H43NO5S2/c1-16-9-8-10-28(6)14-19(28)12-21(17(2)11-20-15-36-26(29-20)35-7)34-23(31)13-22(30)27(4,5)25(33)18(3)24(16)32/h11,15-16,18-19,21-22,24,30,32H,8-10,12-14H2,1-7H3/b17-11+/t16-,18+,19+,21?,22-,24-,28-/m0/s1. The zero-order valence-corrected chi connectivity index (χ0v) is 24.4. The lowest BCUT2D eigenvalue weighted by atomic mass is 9.73. The molecule has 0 aromatic carbocycles. The predicted octanol–water partition coefficient (Wildman–Crippen LogP) is 5.76. The molecular formula is C28H43NO5S2. The molecule has 1 aliphatic heterocycles. The number of aliphatic hydroxyl groups is 2. The maximum atomic E-state index is 13.3. The Labute approximate surface area is 224 Å². The van der Waals surface area contributed by atoms with Crippen LogP contribution < -0.4 is 0 Å². The van der Waals surface area contributed by atoms with Crippen LogP contribution in [0, 0.1) is 28.6 Å². The number of thiazole rings is 1. The summed E-state index contributed by atoms with van der Waals surface area (Å²) < 4.78 is 6.96. The summed E-state index contributed by atoms with van der Waals surface area (Å²) in [5.74, 6) is -0.937. The molecule has 202 valence electrons. The van der Waals surface area contributed by atoms with Gasteiger partial charge in [-0.25, -0.2) is 4.98 Å². The van der Waals surface area contributed by atoms with E-state index in [1.54, 1.807) is 43.9 Å². The molecule has 7 atom stereocenters. The first kappa shape index (κ1) is 29.3. The van der Waals surface area contributed by atoms with E-state index in [-0.39, 0.29) is 23.5 Å². The number of carbonyl (C=O) groups excluding carboxylic acids is 2. The second-order valence-corrected chi connectivity index (χ2v) is 13.8. The summed E-state index contributed by atoms with van der Waals surface area (Å²) in [6, 6.07) is 0. The van der Waals surface area contributed by atoms with Gasteiger partial charge in [0, 0.05) is 11.3 Å². The van der Waals surface area contributed by atoms with Crippen LogP contribution in [0.3, 0.4) is 0 Å². The molecule has 8 heteroatoms. The molecule has 2 heterocycles. The van der Waals surface area contributed by atoms with E-state index in [1.165, 1.54) is 0 Å². The molecule has 0 spiro atoms. The minimum Gasteiger partial charge on any atom is -0.458 e. The summed E-state index contributed by atoms with van der Waals surface area (Å²) in [6.45, 7) is 11.3. The third-order valence-corrected chi connectivity index (χ3v) is 10.5. The van der Waals surface area contributed by atoms with Crippen LogP contribution in [-0.4, -0.2) is 51.5 Å². The number of nitrogens with zero attached hydrogens (tertiary/aromatic N) is 1. The van der Waals surface area contributed by atoms with Gasteiger partial charge < -0.3 is 14.9 Å². The lowest BCUT2D eigenvalue weighted by molar-refractivity contribution is -0.154. The number of ether oxygens (including phenoxy) is 1. The highest BCUT2D eigenvalue weighted by molar-refractivity contribution is 8.00. The van der Waals surface area contributed by atoms with Crippen molar-refractivity contribution in [2.24, 2.45) is 28.6 Å². The second-order valence-electron chi connectivity index (χ2n) is 11.9.